The molecular formula is C21H16F2N4O3. The molecule has 0 bridgehead atoms. The molecule has 152 valence electrons. The molecule has 0 aliphatic rings. The second-order valence-corrected chi connectivity index (χ2v) is 6.54. The summed E-state index contributed by atoms with van der Waals surface area (Å²) in [6.45, 7) is 0.174. The summed E-state index contributed by atoms with van der Waals surface area (Å²) in [5, 5.41) is 4.35. The molecule has 0 spiro atoms. The van der Waals surface area contributed by atoms with E-state index in [0.717, 1.165) is 11.6 Å². The number of aromatic nitrogens is 4. The number of hydrogen-bond donors (Lipinski definition) is 1. The minimum Gasteiger partial charge on any atom is -0.497 e. The first-order valence-corrected chi connectivity index (χ1v) is 8.98. The summed E-state index contributed by atoms with van der Waals surface area (Å²) in [5.41, 5.74) is 0.583. The Kier molecular flexibility index (Phi) is 5.09. The number of nitrogens with zero attached hydrogens (tertiary/aromatic N) is 3. The van der Waals surface area contributed by atoms with Gasteiger partial charge in [-0.05, 0) is 29.8 Å². The molecule has 4 rings (SSSR count). The number of pyridine rings is 2. The zero-order valence-corrected chi connectivity index (χ0v) is 15.8. The molecule has 1 N–H and O–H groups in total. The van der Waals surface area contributed by atoms with Gasteiger partial charge in [-0.3, -0.25) is 14.6 Å². The molecular weight excluding hydrogens is 394 g/mol. The molecule has 0 aliphatic carbocycles. The highest BCUT2D eigenvalue weighted by Gasteiger charge is 2.17. The van der Waals surface area contributed by atoms with Crippen LogP contribution in [0.3, 0.4) is 0 Å². The second-order valence-electron chi connectivity index (χ2n) is 6.54. The number of hydrogen-bond acceptors (Lipinski definition) is 5. The maximum Gasteiger partial charge on any atom is 0.280 e. The minimum absolute atomic E-state index is 0.138. The number of methoxy groups -OCH3 is 1. The zero-order valence-electron chi connectivity index (χ0n) is 15.8. The highest BCUT2D eigenvalue weighted by atomic mass is 19.3. The van der Waals surface area contributed by atoms with Gasteiger partial charge in [-0.2, -0.15) is 5.10 Å². The third-order valence-electron chi connectivity index (χ3n) is 4.61. The van der Waals surface area contributed by atoms with E-state index in [1.54, 1.807) is 19.2 Å². The Labute approximate surface area is 168 Å². The standard InChI is InChI=1S/C21H16F2N4O3/c1-30-14-5-2-12(3-6-14)11-27-21(29)18(13-4-7-16(20(22)23)24-10-13)19-15(26-27)8-9-17(28)25-19/h2-10,20H,11H2,1H3,(H,25,28). The number of aromatic amines is 1. The Morgan fingerprint density at radius 2 is 1.83 bits per heavy atom. The molecule has 0 aliphatic heterocycles. The number of alkyl halides is 2. The zero-order chi connectivity index (χ0) is 21.3. The minimum atomic E-state index is -2.72. The monoisotopic (exact) mass is 410 g/mol. The van der Waals surface area contributed by atoms with Gasteiger partial charge in [-0.1, -0.05) is 18.2 Å². The largest absolute Gasteiger partial charge is 0.497 e. The molecule has 3 aromatic heterocycles. The average Bonchev–Trinajstić information content (AvgIpc) is 2.75. The maximum atomic E-state index is 13.2. The molecule has 0 amide bonds. The first-order chi connectivity index (χ1) is 14.5. The van der Waals surface area contributed by atoms with Gasteiger partial charge in [-0.15, -0.1) is 0 Å². The van der Waals surface area contributed by atoms with Crippen LogP contribution in [0.15, 0.2) is 64.3 Å². The quantitative estimate of drug-likeness (QED) is 0.546. The summed E-state index contributed by atoms with van der Waals surface area (Å²) < 4.78 is 32.1. The summed E-state index contributed by atoms with van der Waals surface area (Å²) in [5.74, 6) is 0.682. The first kappa shape index (κ1) is 19.4. The third kappa shape index (κ3) is 3.69. The summed E-state index contributed by atoms with van der Waals surface area (Å²) in [7, 11) is 1.56. The molecule has 3 heterocycles. The van der Waals surface area contributed by atoms with E-state index in [4.69, 9.17) is 4.74 Å². The molecule has 1 aromatic carbocycles. The SMILES string of the molecule is COc1ccc(Cn2nc3ccc(=O)[nH]c3c(-c3ccc(C(F)F)nc3)c2=O)cc1. The van der Waals surface area contributed by atoms with Gasteiger partial charge in [0.05, 0.1) is 24.7 Å². The highest BCUT2D eigenvalue weighted by Crippen LogP contribution is 2.24. The van der Waals surface area contributed by atoms with Crippen molar-refractivity contribution >= 4 is 11.0 Å². The molecule has 0 unspecified atom stereocenters. The van der Waals surface area contributed by atoms with E-state index in [1.807, 2.05) is 12.1 Å². The summed E-state index contributed by atoms with van der Waals surface area (Å²) in [4.78, 5) is 31.4. The van der Waals surface area contributed by atoms with Crippen molar-refractivity contribution in [2.45, 2.75) is 13.0 Å². The number of benzene rings is 1. The number of ether oxygens (including phenoxy) is 1. The van der Waals surface area contributed by atoms with Gasteiger partial charge in [0.1, 0.15) is 17.0 Å². The number of rotatable bonds is 5. The van der Waals surface area contributed by atoms with Crippen molar-refractivity contribution in [1.29, 1.82) is 0 Å². The van der Waals surface area contributed by atoms with Crippen molar-refractivity contribution < 1.29 is 13.5 Å². The topological polar surface area (TPSA) is 89.9 Å². The van der Waals surface area contributed by atoms with Gasteiger partial charge in [0.2, 0.25) is 5.56 Å². The van der Waals surface area contributed by atoms with Crippen molar-refractivity contribution in [3.63, 3.8) is 0 Å². The lowest BCUT2D eigenvalue weighted by atomic mass is 10.1. The van der Waals surface area contributed by atoms with Crippen LogP contribution in [0.4, 0.5) is 8.78 Å². The van der Waals surface area contributed by atoms with Crippen LogP contribution < -0.4 is 15.9 Å². The average molecular weight is 410 g/mol. The molecule has 4 aromatic rings. The van der Waals surface area contributed by atoms with E-state index in [0.29, 0.717) is 16.8 Å². The van der Waals surface area contributed by atoms with Crippen LogP contribution >= 0.6 is 0 Å². The van der Waals surface area contributed by atoms with E-state index >= 15 is 0 Å². The Morgan fingerprint density at radius 1 is 1.07 bits per heavy atom. The molecule has 0 saturated heterocycles. The van der Waals surface area contributed by atoms with Crippen LogP contribution in [0.2, 0.25) is 0 Å². The molecule has 0 fully saturated rings. The van der Waals surface area contributed by atoms with Gasteiger partial charge < -0.3 is 9.72 Å². The van der Waals surface area contributed by atoms with Crippen molar-refractivity contribution in [1.82, 2.24) is 19.7 Å². The molecule has 9 heteroatoms. The van der Waals surface area contributed by atoms with E-state index in [9.17, 15) is 18.4 Å². The Morgan fingerprint density at radius 3 is 2.47 bits per heavy atom. The van der Waals surface area contributed by atoms with E-state index < -0.39 is 23.2 Å². The van der Waals surface area contributed by atoms with Crippen molar-refractivity contribution in [2.24, 2.45) is 0 Å². The lowest BCUT2D eigenvalue weighted by molar-refractivity contribution is 0.146. The normalized spacial score (nSPS) is 11.2. The highest BCUT2D eigenvalue weighted by molar-refractivity contribution is 5.89. The number of halogens is 2. The fraction of sp³-hybridized carbons (Fsp3) is 0.143. The van der Waals surface area contributed by atoms with Crippen molar-refractivity contribution in [3.8, 4) is 16.9 Å². The molecule has 0 saturated carbocycles. The smallest absolute Gasteiger partial charge is 0.280 e. The molecule has 0 atom stereocenters. The van der Waals surface area contributed by atoms with E-state index in [2.05, 4.69) is 15.1 Å². The molecule has 0 radical (unpaired) electrons. The van der Waals surface area contributed by atoms with Gasteiger partial charge in [0.25, 0.3) is 12.0 Å². The van der Waals surface area contributed by atoms with Crippen LogP contribution in [-0.4, -0.2) is 26.9 Å². The predicted octanol–water partition coefficient (Wildman–Crippen LogP) is 3.14. The van der Waals surface area contributed by atoms with Crippen molar-refractivity contribution in [2.75, 3.05) is 7.11 Å². The molecule has 7 nitrogen and oxygen atoms in total. The summed E-state index contributed by atoms with van der Waals surface area (Å²) in [6, 6.07) is 12.5. The number of fused-ring (bicyclic) bond motifs is 1. The lowest BCUT2D eigenvalue weighted by Gasteiger charge is -2.11. The summed E-state index contributed by atoms with van der Waals surface area (Å²) in [6.07, 6.45) is -1.53. The Balaban J connectivity index is 1.88. The van der Waals surface area contributed by atoms with Gasteiger partial charge >= 0.3 is 0 Å². The van der Waals surface area contributed by atoms with E-state index in [-0.39, 0.29) is 17.6 Å². The molecule has 30 heavy (non-hydrogen) atoms. The van der Waals surface area contributed by atoms with Crippen molar-refractivity contribution in [3.05, 3.63) is 86.7 Å². The van der Waals surface area contributed by atoms with Gasteiger partial charge in [-0.25, -0.2) is 13.5 Å². The Bertz CT molecular complexity index is 1310. The number of H-pyrrole nitrogens is 1. The maximum absolute atomic E-state index is 13.2. The fourth-order valence-electron chi connectivity index (χ4n) is 3.11. The van der Waals surface area contributed by atoms with Crippen LogP contribution in [0.25, 0.3) is 22.2 Å². The van der Waals surface area contributed by atoms with Crippen LogP contribution in [0, 0.1) is 0 Å². The lowest BCUT2D eigenvalue weighted by Crippen LogP contribution is -2.26. The van der Waals surface area contributed by atoms with Crippen LogP contribution in [0.5, 0.6) is 5.75 Å². The Hall–Kier alpha value is -3.88. The number of nitrogens with one attached hydrogen (secondary N) is 1. The van der Waals surface area contributed by atoms with Crippen LogP contribution in [0.1, 0.15) is 17.7 Å². The van der Waals surface area contributed by atoms with Gasteiger partial charge in [0, 0.05) is 17.8 Å². The van der Waals surface area contributed by atoms with Gasteiger partial charge in [0.15, 0.2) is 0 Å². The third-order valence-corrected chi connectivity index (χ3v) is 4.61. The predicted molar refractivity (Wildman–Crippen MR) is 107 cm³/mol. The van der Waals surface area contributed by atoms with Crippen LogP contribution in [-0.2, 0) is 6.54 Å². The summed E-state index contributed by atoms with van der Waals surface area (Å²) >= 11 is 0. The van der Waals surface area contributed by atoms with E-state index in [1.165, 1.54) is 29.1 Å². The second kappa shape index (κ2) is 7.86. The fourth-order valence-corrected chi connectivity index (χ4v) is 3.11. The first-order valence-electron chi connectivity index (χ1n) is 8.98.